The highest BCUT2D eigenvalue weighted by atomic mass is 35.5. The van der Waals surface area contributed by atoms with Gasteiger partial charge in [-0.15, -0.1) is 0 Å². The first kappa shape index (κ1) is 21.5. The zero-order valence-electron chi connectivity index (χ0n) is 18.6. The van der Waals surface area contributed by atoms with E-state index in [0.29, 0.717) is 24.6 Å². The molecule has 1 amide bonds. The van der Waals surface area contributed by atoms with E-state index < -0.39 is 0 Å². The molecule has 0 bridgehead atoms. The Morgan fingerprint density at radius 3 is 2.76 bits per heavy atom. The Morgan fingerprint density at radius 1 is 1.06 bits per heavy atom. The summed E-state index contributed by atoms with van der Waals surface area (Å²) in [4.78, 5) is 19.6. The van der Waals surface area contributed by atoms with E-state index in [4.69, 9.17) is 21.3 Å². The number of para-hydroxylation sites is 2. The smallest absolute Gasteiger partial charge is 0.227 e. The molecule has 0 spiro atoms. The van der Waals surface area contributed by atoms with E-state index >= 15 is 0 Å². The third-order valence-electron chi connectivity index (χ3n) is 6.08. The molecule has 6 heteroatoms. The van der Waals surface area contributed by atoms with E-state index in [1.165, 1.54) is 5.56 Å². The number of ether oxygens (including phenoxy) is 1. The largest absolute Gasteiger partial charge is 0.494 e. The fourth-order valence-corrected chi connectivity index (χ4v) is 4.72. The lowest BCUT2D eigenvalue weighted by Crippen LogP contribution is -2.24. The molecule has 5 nitrogen and oxygen atoms in total. The lowest BCUT2D eigenvalue weighted by Gasteiger charge is -2.18. The average Bonchev–Trinajstić information content (AvgIpc) is 3.37. The first-order valence-corrected chi connectivity index (χ1v) is 11.7. The van der Waals surface area contributed by atoms with Crippen molar-refractivity contribution < 1.29 is 9.53 Å². The highest BCUT2D eigenvalue weighted by molar-refractivity contribution is 6.30. The van der Waals surface area contributed by atoms with Crippen molar-refractivity contribution in [2.45, 2.75) is 32.2 Å². The molecule has 168 valence electrons. The van der Waals surface area contributed by atoms with Crippen LogP contribution in [0.15, 0.2) is 72.8 Å². The van der Waals surface area contributed by atoms with Crippen LogP contribution in [0.3, 0.4) is 0 Å². The van der Waals surface area contributed by atoms with Crippen LogP contribution in [0.4, 0.5) is 5.69 Å². The van der Waals surface area contributed by atoms with Gasteiger partial charge in [0.2, 0.25) is 5.91 Å². The quantitative estimate of drug-likeness (QED) is 0.319. The molecule has 4 aromatic rings. The molecule has 0 saturated carbocycles. The van der Waals surface area contributed by atoms with Crippen LogP contribution >= 0.6 is 11.6 Å². The van der Waals surface area contributed by atoms with Crippen molar-refractivity contribution in [2.24, 2.45) is 0 Å². The summed E-state index contributed by atoms with van der Waals surface area (Å²) in [5, 5.41) is 0.629. The molecule has 33 heavy (non-hydrogen) atoms. The van der Waals surface area contributed by atoms with E-state index in [1.807, 2.05) is 65.6 Å². The van der Waals surface area contributed by atoms with Gasteiger partial charge in [-0.1, -0.05) is 41.9 Å². The van der Waals surface area contributed by atoms with Gasteiger partial charge >= 0.3 is 0 Å². The van der Waals surface area contributed by atoms with Gasteiger partial charge in [0, 0.05) is 36.1 Å². The fourth-order valence-electron chi connectivity index (χ4n) is 4.53. The van der Waals surface area contributed by atoms with Crippen molar-refractivity contribution in [3.63, 3.8) is 0 Å². The summed E-state index contributed by atoms with van der Waals surface area (Å²) in [7, 11) is 0. The predicted octanol–water partition coefficient (Wildman–Crippen LogP) is 5.99. The first-order chi connectivity index (χ1) is 16.1. The normalized spacial score (nSPS) is 16.0. The van der Waals surface area contributed by atoms with Crippen LogP contribution in [0, 0.1) is 6.92 Å². The molecular formula is C27H26ClN3O2. The second-order valence-corrected chi connectivity index (χ2v) is 8.95. The molecule has 1 aliphatic rings. The zero-order valence-corrected chi connectivity index (χ0v) is 19.3. The minimum Gasteiger partial charge on any atom is -0.494 e. The predicted molar refractivity (Wildman–Crippen MR) is 132 cm³/mol. The minimum atomic E-state index is 0.0292. The number of halogens is 1. The second kappa shape index (κ2) is 9.28. The molecule has 1 fully saturated rings. The third-order valence-corrected chi connectivity index (χ3v) is 6.31. The maximum Gasteiger partial charge on any atom is 0.227 e. The van der Waals surface area contributed by atoms with Crippen molar-refractivity contribution in [3.05, 3.63) is 89.2 Å². The van der Waals surface area contributed by atoms with E-state index in [2.05, 4.69) is 23.6 Å². The molecule has 0 aliphatic carbocycles. The summed E-state index contributed by atoms with van der Waals surface area (Å²) in [5.74, 6) is 1.99. The minimum absolute atomic E-state index is 0.0292. The second-order valence-electron chi connectivity index (χ2n) is 8.51. The Hall–Kier alpha value is -3.31. The number of nitrogens with zero attached hydrogens (tertiary/aromatic N) is 3. The van der Waals surface area contributed by atoms with Crippen LogP contribution in [0.25, 0.3) is 11.0 Å². The van der Waals surface area contributed by atoms with E-state index in [9.17, 15) is 4.79 Å². The van der Waals surface area contributed by atoms with Crippen LogP contribution in [-0.2, 0) is 11.3 Å². The molecule has 1 atom stereocenters. The maximum atomic E-state index is 12.9. The summed E-state index contributed by atoms with van der Waals surface area (Å²) in [6.07, 6.45) is 1.29. The summed E-state index contributed by atoms with van der Waals surface area (Å²) < 4.78 is 8.22. The SMILES string of the molecule is Cc1cccc(OCCCn2c(C3CC(=O)N(c4cccc(Cl)c4)C3)nc3ccccc32)c1. The number of anilines is 1. The van der Waals surface area contributed by atoms with Crippen LogP contribution in [-0.4, -0.2) is 28.6 Å². The maximum absolute atomic E-state index is 12.9. The van der Waals surface area contributed by atoms with Gasteiger partial charge in [-0.3, -0.25) is 4.79 Å². The van der Waals surface area contributed by atoms with Gasteiger partial charge in [-0.05, 0) is 61.4 Å². The van der Waals surface area contributed by atoms with Crippen LogP contribution < -0.4 is 9.64 Å². The first-order valence-electron chi connectivity index (χ1n) is 11.3. The number of aromatic nitrogens is 2. The molecule has 1 aliphatic heterocycles. The highest BCUT2D eigenvalue weighted by Gasteiger charge is 2.34. The monoisotopic (exact) mass is 459 g/mol. The Kier molecular flexibility index (Phi) is 6.05. The lowest BCUT2D eigenvalue weighted by molar-refractivity contribution is -0.117. The molecule has 1 aromatic heterocycles. The molecule has 0 radical (unpaired) electrons. The van der Waals surface area contributed by atoms with E-state index in [0.717, 1.165) is 41.3 Å². The number of rotatable bonds is 7. The molecule has 1 unspecified atom stereocenters. The van der Waals surface area contributed by atoms with Crippen LogP contribution in [0.1, 0.15) is 30.1 Å². The molecule has 0 N–H and O–H groups in total. The number of amides is 1. The van der Waals surface area contributed by atoms with E-state index in [-0.39, 0.29) is 11.8 Å². The number of hydrogen-bond donors (Lipinski definition) is 0. The number of carbonyl (C=O) groups is 1. The summed E-state index contributed by atoms with van der Waals surface area (Å²) >= 11 is 6.16. The Bertz CT molecular complexity index is 1300. The third kappa shape index (κ3) is 4.60. The number of benzene rings is 3. The summed E-state index contributed by atoms with van der Waals surface area (Å²) in [6, 6.07) is 23.7. The number of fused-ring (bicyclic) bond motifs is 1. The van der Waals surface area contributed by atoms with Crippen molar-refractivity contribution in [1.29, 1.82) is 0 Å². The van der Waals surface area contributed by atoms with E-state index in [1.54, 1.807) is 0 Å². The molecular weight excluding hydrogens is 434 g/mol. The molecule has 1 saturated heterocycles. The number of aryl methyl sites for hydroxylation is 2. The Balaban J connectivity index is 1.35. The number of hydrogen-bond acceptors (Lipinski definition) is 3. The van der Waals surface area contributed by atoms with Gasteiger partial charge < -0.3 is 14.2 Å². The highest BCUT2D eigenvalue weighted by Crippen LogP contribution is 2.34. The fraction of sp³-hybridized carbons (Fsp3) is 0.259. The molecule has 2 heterocycles. The van der Waals surface area contributed by atoms with Gasteiger partial charge in [0.25, 0.3) is 0 Å². The average molecular weight is 460 g/mol. The Morgan fingerprint density at radius 2 is 1.91 bits per heavy atom. The van der Waals surface area contributed by atoms with Crippen molar-refractivity contribution in [2.75, 3.05) is 18.1 Å². The zero-order chi connectivity index (χ0) is 22.8. The Labute approximate surface area is 198 Å². The van der Waals surface area contributed by atoms with Gasteiger partial charge in [-0.2, -0.15) is 0 Å². The van der Waals surface area contributed by atoms with Gasteiger partial charge in [0.1, 0.15) is 11.6 Å². The number of imidazole rings is 1. The number of carbonyl (C=O) groups excluding carboxylic acids is 1. The topological polar surface area (TPSA) is 47.4 Å². The lowest BCUT2D eigenvalue weighted by atomic mass is 10.1. The standard InChI is InChI=1S/C27H26ClN3O2/c1-19-7-4-10-23(15-19)33-14-6-13-30-25-12-3-2-11-24(25)29-27(30)20-16-26(32)31(18-20)22-9-5-8-21(28)17-22/h2-5,7-12,15,17,20H,6,13-14,16,18H2,1H3. The van der Waals surface area contributed by atoms with Crippen LogP contribution in [0.5, 0.6) is 5.75 Å². The molecule has 3 aromatic carbocycles. The summed E-state index contributed by atoms with van der Waals surface area (Å²) in [5.41, 5.74) is 4.08. The van der Waals surface area contributed by atoms with Crippen molar-refractivity contribution >= 4 is 34.2 Å². The van der Waals surface area contributed by atoms with Crippen molar-refractivity contribution in [3.8, 4) is 5.75 Å². The van der Waals surface area contributed by atoms with Crippen molar-refractivity contribution in [1.82, 2.24) is 9.55 Å². The van der Waals surface area contributed by atoms with Gasteiger partial charge in [0.05, 0.1) is 17.6 Å². The van der Waals surface area contributed by atoms with Crippen LogP contribution in [0.2, 0.25) is 5.02 Å². The van der Waals surface area contributed by atoms with Gasteiger partial charge in [-0.25, -0.2) is 4.98 Å². The van der Waals surface area contributed by atoms with Gasteiger partial charge in [0.15, 0.2) is 0 Å². The molecule has 5 rings (SSSR count). The summed E-state index contributed by atoms with van der Waals surface area (Å²) in [6.45, 7) is 4.06.